The van der Waals surface area contributed by atoms with Crippen molar-refractivity contribution in [3.63, 3.8) is 0 Å². The van der Waals surface area contributed by atoms with E-state index in [9.17, 15) is 5.11 Å². The lowest BCUT2D eigenvalue weighted by atomic mass is 9.87. The zero-order valence-corrected chi connectivity index (χ0v) is 12.0. The highest BCUT2D eigenvalue weighted by atomic mass is 16.3. The molecule has 2 atom stereocenters. The summed E-state index contributed by atoms with van der Waals surface area (Å²) in [6.45, 7) is 11.3. The van der Waals surface area contributed by atoms with E-state index in [1.807, 2.05) is 0 Å². The summed E-state index contributed by atoms with van der Waals surface area (Å²) in [6, 6.07) is 1.18. The molecule has 0 heterocycles. The molecule has 0 radical (unpaired) electrons. The van der Waals surface area contributed by atoms with Crippen LogP contribution in [0.5, 0.6) is 0 Å². The van der Waals surface area contributed by atoms with Gasteiger partial charge in [-0.05, 0) is 46.1 Å². The highest BCUT2D eigenvalue weighted by molar-refractivity contribution is 5.00. The normalized spacial score (nSPS) is 21.5. The minimum absolute atomic E-state index is 0.166. The van der Waals surface area contributed by atoms with E-state index in [4.69, 9.17) is 0 Å². The summed E-state index contributed by atoms with van der Waals surface area (Å²) in [4.78, 5) is 2.53. The van der Waals surface area contributed by atoms with E-state index in [1.165, 1.54) is 19.3 Å². The van der Waals surface area contributed by atoms with Crippen LogP contribution in [-0.2, 0) is 0 Å². The maximum Gasteiger partial charge on any atom is 0.0558 e. The average molecular weight is 242 g/mol. The first-order chi connectivity index (χ1) is 8.10. The smallest absolute Gasteiger partial charge is 0.0558 e. The quantitative estimate of drug-likeness (QED) is 0.649. The van der Waals surface area contributed by atoms with Gasteiger partial charge in [0.05, 0.1) is 6.61 Å². The summed E-state index contributed by atoms with van der Waals surface area (Å²) in [5.74, 6) is 0. The predicted octanol–water partition coefficient (Wildman–Crippen LogP) is 2.00. The van der Waals surface area contributed by atoms with Crippen LogP contribution in [0.1, 0.15) is 53.4 Å². The van der Waals surface area contributed by atoms with E-state index in [2.05, 4.69) is 37.9 Å². The first-order valence-corrected chi connectivity index (χ1v) is 7.21. The summed E-state index contributed by atoms with van der Waals surface area (Å²) >= 11 is 0. The standard InChI is InChI=1S/C14H30N2O/c1-5-9-15-12(3)14(4,6-2)16(10-11-17)13-7-8-13/h12-13,15,17H,5-11H2,1-4H3. The number of rotatable bonds is 9. The molecule has 3 heteroatoms. The summed E-state index contributed by atoms with van der Waals surface area (Å²) in [5, 5.41) is 12.9. The van der Waals surface area contributed by atoms with Gasteiger partial charge in [0.15, 0.2) is 0 Å². The van der Waals surface area contributed by atoms with Crippen molar-refractivity contribution in [3.8, 4) is 0 Å². The van der Waals surface area contributed by atoms with Crippen molar-refractivity contribution in [2.45, 2.75) is 71.0 Å². The van der Waals surface area contributed by atoms with Crippen molar-refractivity contribution in [2.75, 3.05) is 19.7 Å². The van der Waals surface area contributed by atoms with Crippen LogP contribution in [0.25, 0.3) is 0 Å². The van der Waals surface area contributed by atoms with Gasteiger partial charge in [0.2, 0.25) is 0 Å². The van der Waals surface area contributed by atoms with Crippen LogP contribution in [0.3, 0.4) is 0 Å². The van der Waals surface area contributed by atoms with Gasteiger partial charge in [-0.15, -0.1) is 0 Å². The molecule has 0 bridgehead atoms. The summed E-state index contributed by atoms with van der Waals surface area (Å²) in [6.07, 6.45) is 4.90. The summed E-state index contributed by atoms with van der Waals surface area (Å²) < 4.78 is 0. The highest BCUT2D eigenvalue weighted by Crippen LogP contribution is 2.35. The van der Waals surface area contributed by atoms with Crippen LogP contribution >= 0.6 is 0 Å². The molecule has 1 rings (SSSR count). The monoisotopic (exact) mass is 242 g/mol. The first-order valence-electron chi connectivity index (χ1n) is 7.21. The summed E-state index contributed by atoms with van der Waals surface area (Å²) in [5.41, 5.74) is 0.166. The number of aliphatic hydroxyl groups excluding tert-OH is 1. The molecule has 1 aliphatic carbocycles. The lowest BCUT2D eigenvalue weighted by Crippen LogP contribution is -2.59. The fraction of sp³-hybridized carbons (Fsp3) is 1.00. The second-order valence-electron chi connectivity index (χ2n) is 5.53. The Hall–Kier alpha value is -0.120. The predicted molar refractivity (Wildman–Crippen MR) is 73.3 cm³/mol. The number of aliphatic hydroxyl groups is 1. The Kier molecular flexibility index (Phi) is 5.90. The molecule has 0 saturated heterocycles. The average Bonchev–Trinajstić information content (AvgIpc) is 3.16. The highest BCUT2D eigenvalue weighted by Gasteiger charge is 2.42. The van der Waals surface area contributed by atoms with Gasteiger partial charge in [-0.2, -0.15) is 0 Å². The Balaban J connectivity index is 2.68. The van der Waals surface area contributed by atoms with E-state index in [-0.39, 0.29) is 12.1 Å². The van der Waals surface area contributed by atoms with E-state index in [0.717, 1.165) is 19.5 Å². The van der Waals surface area contributed by atoms with Crippen molar-refractivity contribution < 1.29 is 5.11 Å². The molecule has 2 N–H and O–H groups in total. The van der Waals surface area contributed by atoms with Crippen molar-refractivity contribution >= 4 is 0 Å². The third-order valence-electron chi connectivity index (χ3n) is 4.33. The van der Waals surface area contributed by atoms with Crippen LogP contribution in [0.4, 0.5) is 0 Å². The molecule has 17 heavy (non-hydrogen) atoms. The molecule has 0 aliphatic heterocycles. The molecule has 0 aromatic rings. The van der Waals surface area contributed by atoms with Crippen LogP contribution in [-0.4, -0.2) is 47.3 Å². The maximum absolute atomic E-state index is 9.27. The Labute approximate surface area is 107 Å². The van der Waals surface area contributed by atoms with Gasteiger partial charge in [0.1, 0.15) is 0 Å². The van der Waals surface area contributed by atoms with Gasteiger partial charge in [0.25, 0.3) is 0 Å². The van der Waals surface area contributed by atoms with Crippen molar-refractivity contribution in [1.29, 1.82) is 0 Å². The number of nitrogens with zero attached hydrogens (tertiary/aromatic N) is 1. The third kappa shape index (κ3) is 3.67. The van der Waals surface area contributed by atoms with Gasteiger partial charge < -0.3 is 10.4 Å². The number of β-amino-alcohol motifs (C(OH)–C–C–N with tert-alkyl or cyclic N) is 1. The molecule has 2 unspecified atom stereocenters. The van der Waals surface area contributed by atoms with Gasteiger partial charge in [-0.3, -0.25) is 4.90 Å². The summed E-state index contributed by atoms with van der Waals surface area (Å²) in [7, 11) is 0. The molecule has 3 nitrogen and oxygen atoms in total. The minimum Gasteiger partial charge on any atom is -0.395 e. The second kappa shape index (κ2) is 6.72. The Morgan fingerprint density at radius 1 is 1.41 bits per heavy atom. The molecule has 0 aromatic carbocycles. The first kappa shape index (κ1) is 14.9. The molecule has 0 amide bonds. The van der Waals surface area contributed by atoms with Gasteiger partial charge >= 0.3 is 0 Å². The van der Waals surface area contributed by atoms with Gasteiger partial charge in [-0.25, -0.2) is 0 Å². The number of hydrogen-bond acceptors (Lipinski definition) is 3. The van der Waals surface area contributed by atoms with Crippen LogP contribution in [0.2, 0.25) is 0 Å². The fourth-order valence-electron chi connectivity index (χ4n) is 2.69. The lowest BCUT2D eigenvalue weighted by molar-refractivity contribution is 0.0419. The van der Waals surface area contributed by atoms with Crippen molar-refractivity contribution in [3.05, 3.63) is 0 Å². The SMILES string of the molecule is CCCNC(C)C(C)(CC)N(CCO)C1CC1. The molecular formula is C14H30N2O. The van der Waals surface area contributed by atoms with Gasteiger partial charge in [0, 0.05) is 24.2 Å². The molecule has 1 aliphatic rings. The Morgan fingerprint density at radius 2 is 2.06 bits per heavy atom. The van der Waals surface area contributed by atoms with Crippen molar-refractivity contribution in [2.24, 2.45) is 0 Å². The largest absolute Gasteiger partial charge is 0.395 e. The molecule has 1 fully saturated rings. The second-order valence-corrected chi connectivity index (χ2v) is 5.53. The topological polar surface area (TPSA) is 35.5 Å². The fourth-order valence-corrected chi connectivity index (χ4v) is 2.69. The molecular weight excluding hydrogens is 212 g/mol. The Morgan fingerprint density at radius 3 is 2.47 bits per heavy atom. The van der Waals surface area contributed by atoms with Gasteiger partial charge in [-0.1, -0.05) is 13.8 Å². The van der Waals surface area contributed by atoms with Crippen LogP contribution in [0, 0.1) is 0 Å². The van der Waals surface area contributed by atoms with E-state index >= 15 is 0 Å². The molecule has 0 aromatic heterocycles. The zero-order valence-electron chi connectivity index (χ0n) is 12.0. The lowest BCUT2D eigenvalue weighted by Gasteiger charge is -2.45. The third-order valence-corrected chi connectivity index (χ3v) is 4.33. The van der Waals surface area contributed by atoms with Crippen LogP contribution in [0.15, 0.2) is 0 Å². The zero-order chi connectivity index (χ0) is 12.9. The number of nitrogens with one attached hydrogen (secondary N) is 1. The van der Waals surface area contributed by atoms with E-state index in [1.54, 1.807) is 0 Å². The van der Waals surface area contributed by atoms with Crippen molar-refractivity contribution in [1.82, 2.24) is 10.2 Å². The minimum atomic E-state index is 0.166. The number of hydrogen-bond donors (Lipinski definition) is 2. The Bertz CT molecular complexity index is 218. The van der Waals surface area contributed by atoms with Crippen LogP contribution < -0.4 is 5.32 Å². The van der Waals surface area contributed by atoms with E-state index in [0.29, 0.717) is 12.1 Å². The molecule has 0 spiro atoms. The molecule has 102 valence electrons. The molecule has 1 saturated carbocycles. The maximum atomic E-state index is 9.27. The van der Waals surface area contributed by atoms with E-state index < -0.39 is 0 Å².